The van der Waals surface area contributed by atoms with Crippen LogP contribution in [-0.4, -0.2) is 60.8 Å². The van der Waals surface area contributed by atoms with Crippen LogP contribution in [0.15, 0.2) is 52.5 Å². The fourth-order valence-electron chi connectivity index (χ4n) is 3.37. The minimum Gasteiger partial charge on any atom is -0.474 e. The second-order valence-corrected chi connectivity index (χ2v) is 10.6. The maximum Gasteiger partial charge on any atom is 0.303 e. The van der Waals surface area contributed by atoms with Crippen LogP contribution in [-0.2, 0) is 38.4 Å². The molecule has 0 amide bonds. The standard InChI is InChI=1S/C23H22N2O9S2/c1-13(26)31-19-12-35-23(22(33-15(3)28)21(19)32-14(2)27)34-17-6-9-20(25-11-17)36(29,30)18-7-4-16(10-24)5-8-18/h4-9,11,19,21-23H,12H2,1-3H3/t19-,21+,22-,23-/m1/s1. The highest BCUT2D eigenvalue weighted by molar-refractivity contribution is 7.99. The molecule has 11 nitrogen and oxygen atoms in total. The van der Waals surface area contributed by atoms with E-state index in [1.54, 1.807) is 0 Å². The molecule has 1 aliphatic rings. The van der Waals surface area contributed by atoms with Crippen LogP contribution in [0, 0.1) is 11.3 Å². The first-order valence-corrected chi connectivity index (χ1v) is 13.1. The van der Waals surface area contributed by atoms with E-state index < -0.39 is 51.5 Å². The fourth-order valence-corrected chi connectivity index (χ4v) is 5.76. The number of hydrogen-bond donors (Lipinski definition) is 0. The molecular weight excluding hydrogens is 512 g/mol. The number of nitrogens with zero attached hydrogens (tertiary/aromatic N) is 2. The quantitative estimate of drug-likeness (QED) is 0.376. The molecule has 1 aromatic carbocycles. The number of thioether (sulfide) groups is 1. The van der Waals surface area contributed by atoms with Gasteiger partial charge in [-0.3, -0.25) is 14.4 Å². The molecule has 190 valence electrons. The van der Waals surface area contributed by atoms with Gasteiger partial charge in [0.15, 0.2) is 28.8 Å². The molecule has 3 rings (SSSR count). The van der Waals surface area contributed by atoms with Crippen LogP contribution in [0.4, 0.5) is 0 Å². The first-order valence-electron chi connectivity index (χ1n) is 10.5. The van der Waals surface area contributed by atoms with Crippen LogP contribution in [0.3, 0.4) is 0 Å². The summed E-state index contributed by atoms with van der Waals surface area (Å²) in [5, 5.41) is 8.66. The number of carbonyl (C=O) groups excluding carboxylic acids is 3. The van der Waals surface area contributed by atoms with Gasteiger partial charge >= 0.3 is 17.9 Å². The largest absolute Gasteiger partial charge is 0.474 e. The summed E-state index contributed by atoms with van der Waals surface area (Å²) in [5.41, 5.74) is -0.561. The Morgan fingerprint density at radius 2 is 1.56 bits per heavy atom. The molecule has 0 radical (unpaired) electrons. The SMILES string of the molecule is CC(=O)O[C@@H]1[C@@H](OC(C)=O)[C@H](OC(C)=O)CS[C@H]1Oc1ccc(S(=O)(=O)c2ccc(C#N)cc2)nc1. The van der Waals surface area contributed by atoms with E-state index in [2.05, 4.69) is 4.98 Å². The number of aromatic nitrogens is 1. The molecule has 13 heteroatoms. The van der Waals surface area contributed by atoms with Crippen molar-refractivity contribution in [1.29, 1.82) is 5.26 Å². The normalized spacial score (nSPS) is 21.5. The number of sulfone groups is 1. The lowest BCUT2D eigenvalue weighted by molar-refractivity contribution is -0.186. The molecule has 0 bridgehead atoms. The monoisotopic (exact) mass is 534 g/mol. The molecular formula is C23H22N2O9S2. The van der Waals surface area contributed by atoms with E-state index in [-0.39, 0.29) is 21.4 Å². The average molecular weight is 535 g/mol. The van der Waals surface area contributed by atoms with Gasteiger partial charge in [-0.25, -0.2) is 13.4 Å². The van der Waals surface area contributed by atoms with Crippen LogP contribution in [0.2, 0.25) is 0 Å². The zero-order chi connectivity index (χ0) is 26.5. The van der Waals surface area contributed by atoms with Crippen molar-refractivity contribution in [3.8, 4) is 11.8 Å². The zero-order valence-electron chi connectivity index (χ0n) is 19.4. The number of carbonyl (C=O) groups is 3. The number of benzene rings is 1. The minimum atomic E-state index is -3.94. The summed E-state index contributed by atoms with van der Waals surface area (Å²) < 4.78 is 47.5. The molecule has 0 unspecified atom stereocenters. The lowest BCUT2D eigenvalue weighted by Crippen LogP contribution is -2.55. The summed E-state index contributed by atoms with van der Waals surface area (Å²) in [7, 11) is -3.94. The van der Waals surface area contributed by atoms with Gasteiger partial charge in [0.2, 0.25) is 9.84 Å². The lowest BCUT2D eigenvalue weighted by Gasteiger charge is -2.39. The molecule has 4 atom stereocenters. The van der Waals surface area contributed by atoms with E-state index in [1.165, 1.54) is 63.4 Å². The van der Waals surface area contributed by atoms with Gasteiger partial charge in [-0.05, 0) is 36.4 Å². The van der Waals surface area contributed by atoms with E-state index in [4.69, 9.17) is 24.2 Å². The van der Waals surface area contributed by atoms with Crippen molar-refractivity contribution in [1.82, 2.24) is 4.98 Å². The highest BCUT2D eigenvalue weighted by Crippen LogP contribution is 2.34. The van der Waals surface area contributed by atoms with E-state index >= 15 is 0 Å². The highest BCUT2D eigenvalue weighted by Gasteiger charge is 2.47. The third-order valence-corrected chi connectivity index (χ3v) is 7.73. The van der Waals surface area contributed by atoms with Crippen molar-refractivity contribution < 1.29 is 41.7 Å². The average Bonchev–Trinajstić information content (AvgIpc) is 2.82. The van der Waals surface area contributed by atoms with Gasteiger partial charge in [0.05, 0.1) is 22.7 Å². The Balaban J connectivity index is 1.83. The molecule has 36 heavy (non-hydrogen) atoms. The Kier molecular flexibility index (Phi) is 8.54. The third kappa shape index (κ3) is 6.52. The van der Waals surface area contributed by atoms with E-state index in [1.807, 2.05) is 6.07 Å². The molecule has 1 saturated heterocycles. The third-order valence-electron chi connectivity index (χ3n) is 4.84. The van der Waals surface area contributed by atoms with Crippen molar-refractivity contribution in [2.24, 2.45) is 0 Å². The Morgan fingerprint density at radius 1 is 0.944 bits per heavy atom. The van der Waals surface area contributed by atoms with Crippen LogP contribution in [0.5, 0.6) is 5.75 Å². The number of ether oxygens (including phenoxy) is 4. The second-order valence-electron chi connectivity index (χ2n) is 7.59. The molecule has 0 N–H and O–H groups in total. The Hall–Kier alpha value is -3.63. The molecule has 1 aliphatic heterocycles. The molecule has 0 spiro atoms. The van der Waals surface area contributed by atoms with Gasteiger partial charge in [0.1, 0.15) is 5.75 Å². The summed E-state index contributed by atoms with van der Waals surface area (Å²) in [6.07, 6.45) is -1.93. The van der Waals surface area contributed by atoms with Gasteiger partial charge in [0.25, 0.3) is 0 Å². The maximum atomic E-state index is 12.8. The fraction of sp³-hybridized carbons (Fsp3) is 0.348. The van der Waals surface area contributed by atoms with E-state index in [0.29, 0.717) is 5.56 Å². The second kappa shape index (κ2) is 11.4. The lowest BCUT2D eigenvalue weighted by atomic mass is 10.1. The topological polar surface area (TPSA) is 159 Å². The van der Waals surface area contributed by atoms with Crippen LogP contribution >= 0.6 is 11.8 Å². The van der Waals surface area contributed by atoms with Crippen molar-refractivity contribution in [2.45, 2.75) is 54.4 Å². The first-order chi connectivity index (χ1) is 17.0. The number of hydrogen-bond acceptors (Lipinski definition) is 12. The first kappa shape index (κ1) is 27.0. The number of rotatable bonds is 7. The summed E-state index contributed by atoms with van der Waals surface area (Å²) in [5.74, 6) is -1.59. The Bertz CT molecular complexity index is 1270. The van der Waals surface area contributed by atoms with Crippen LogP contribution in [0.1, 0.15) is 26.3 Å². The number of esters is 3. The minimum absolute atomic E-state index is 0.0267. The molecule has 1 fully saturated rings. The Labute approximate surface area is 211 Å². The summed E-state index contributed by atoms with van der Waals surface area (Å²) in [6.45, 7) is 3.55. The molecule has 0 aliphatic carbocycles. The highest BCUT2D eigenvalue weighted by atomic mass is 32.2. The molecule has 2 heterocycles. The maximum absolute atomic E-state index is 12.8. The van der Waals surface area contributed by atoms with Gasteiger partial charge in [0, 0.05) is 26.5 Å². The van der Waals surface area contributed by atoms with Gasteiger partial charge in [-0.15, -0.1) is 11.8 Å². The summed E-state index contributed by atoms with van der Waals surface area (Å²) in [4.78, 5) is 38.9. The van der Waals surface area contributed by atoms with Crippen molar-refractivity contribution >= 4 is 39.5 Å². The summed E-state index contributed by atoms with van der Waals surface area (Å²) >= 11 is 1.16. The van der Waals surface area contributed by atoms with Crippen LogP contribution < -0.4 is 4.74 Å². The molecule has 2 aromatic rings. The van der Waals surface area contributed by atoms with Crippen LogP contribution in [0.25, 0.3) is 0 Å². The van der Waals surface area contributed by atoms with Gasteiger partial charge in [-0.1, -0.05) is 0 Å². The Morgan fingerprint density at radius 3 is 2.08 bits per heavy atom. The van der Waals surface area contributed by atoms with Crippen molar-refractivity contribution in [3.63, 3.8) is 0 Å². The number of nitriles is 1. The van der Waals surface area contributed by atoms with Gasteiger partial charge in [-0.2, -0.15) is 5.26 Å². The smallest absolute Gasteiger partial charge is 0.303 e. The van der Waals surface area contributed by atoms with Crippen molar-refractivity contribution in [3.05, 3.63) is 48.2 Å². The predicted molar refractivity (Wildman–Crippen MR) is 124 cm³/mol. The van der Waals surface area contributed by atoms with Crippen molar-refractivity contribution in [2.75, 3.05) is 5.75 Å². The summed E-state index contributed by atoms with van der Waals surface area (Å²) in [6, 6.07) is 9.97. The predicted octanol–water partition coefficient (Wildman–Crippen LogP) is 2.03. The molecule has 0 saturated carbocycles. The molecule has 1 aromatic heterocycles. The van der Waals surface area contributed by atoms with E-state index in [9.17, 15) is 22.8 Å². The number of pyridine rings is 1. The zero-order valence-corrected chi connectivity index (χ0v) is 21.1. The van der Waals surface area contributed by atoms with E-state index in [0.717, 1.165) is 11.8 Å². The van der Waals surface area contributed by atoms with Gasteiger partial charge < -0.3 is 18.9 Å².